The number of ether oxygens (including phenoxy) is 1. The lowest BCUT2D eigenvalue weighted by molar-refractivity contribution is -0.140. The molecule has 1 heterocycles. The fraction of sp³-hybridized carbons (Fsp3) is 0.818. The molecule has 0 spiro atoms. The zero-order valence-corrected chi connectivity index (χ0v) is 11.5. The molecule has 1 atom stereocenters. The SMILES string of the molecule is CCOC(=O)CS(=O)(=O)N1CCCC(C(C)=O)C1. The van der Waals surface area contributed by atoms with Crippen molar-refractivity contribution in [3.8, 4) is 0 Å². The van der Waals surface area contributed by atoms with E-state index in [1.54, 1.807) is 6.92 Å². The lowest BCUT2D eigenvalue weighted by Crippen LogP contribution is -2.44. The number of rotatable bonds is 5. The molecule has 1 aliphatic rings. The van der Waals surface area contributed by atoms with Gasteiger partial charge in [-0.1, -0.05) is 0 Å². The van der Waals surface area contributed by atoms with Gasteiger partial charge in [-0.05, 0) is 26.7 Å². The fourth-order valence-electron chi connectivity index (χ4n) is 1.97. The van der Waals surface area contributed by atoms with Crippen LogP contribution in [0.2, 0.25) is 0 Å². The Morgan fingerprint density at radius 2 is 2.06 bits per heavy atom. The van der Waals surface area contributed by atoms with Crippen LogP contribution in [0.25, 0.3) is 0 Å². The van der Waals surface area contributed by atoms with Crippen molar-refractivity contribution in [1.82, 2.24) is 4.31 Å². The molecule has 1 rings (SSSR count). The van der Waals surface area contributed by atoms with Crippen LogP contribution in [0.15, 0.2) is 0 Å². The number of hydrogen-bond acceptors (Lipinski definition) is 5. The fourth-order valence-corrected chi connectivity index (χ4v) is 3.35. The summed E-state index contributed by atoms with van der Waals surface area (Å²) in [5.41, 5.74) is 0. The van der Waals surface area contributed by atoms with Gasteiger partial charge in [0.25, 0.3) is 0 Å². The average molecular weight is 277 g/mol. The molecule has 0 bridgehead atoms. The highest BCUT2D eigenvalue weighted by Gasteiger charge is 2.32. The van der Waals surface area contributed by atoms with Crippen LogP contribution >= 0.6 is 0 Å². The standard InChI is InChI=1S/C11H19NO5S/c1-3-17-11(14)8-18(15,16)12-6-4-5-10(7-12)9(2)13/h10H,3-8H2,1-2H3. The van der Waals surface area contributed by atoms with Gasteiger partial charge in [0.1, 0.15) is 5.78 Å². The van der Waals surface area contributed by atoms with Crippen molar-refractivity contribution in [3.63, 3.8) is 0 Å². The summed E-state index contributed by atoms with van der Waals surface area (Å²) in [6.07, 6.45) is 1.35. The summed E-state index contributed by atoms with van der Waals surface area (Å²) in [7, 11) is -3.66. The minimum absolute atomic E-state index is 0.00830. The van der Waals surface area contributed by atoms with E-state index in [1.165, 1.54) is 11.2 Å². The molecule has 1 aliphatic heterocycles. The molecule has 0 aromatic carbocycles. The van der Waals surface area contributed by atoms with Crippen molar-refractivity contribution in [2.24, 2.45) is 5.92 Å². The molecular weight excluding hydrogens is 258 g/mol. The summed E-state index contributed by atoms with van der Waals surface area (Å²) < 4.78 is 29.8. The van der Waals surface area contributed by atoms with Gasteiger partial charge in [-0.25, -0.2) is 12.7 Å². The first-order valence-electron chi connectivity index (χ1n) is 6.00. The molecule has 104 valence electrons. The number of sulfonamides is 1. The summed E-state index contributed by atoms with van der Waals surface area (Å²) in [6.45, 7) is 3.79. The van der Waals surface area contributed by atoms with Gasteiger partial charge in [-0.15, -0.1) is 0 Å². The lowest BCUT2D eigenvalue weighted by Gasteiger charge is -2.30. The predicted octanol–water partition coefficient (Wildman–Crippen LogP) is 0.180. The average Bonchev–Trinajstić information content (AvgIpc) is 2.28. The van der Waals surface area contributed by atoms with Gasteiger partial charge in [0.05, 0.1) is 6.61 Å². The van der Waals surface area contributed by atoms with Gasteiger partial charge in [0.2, 0.25) is 10.0 Å². The molecule has 1 fully saturated rings. The molecule has 0 N–H and O–H groups in total. The minimum atomic E-state index is -3.66. The number of carbonyl (C=O) groups is 2. The highest BCUT2D eigenvalue weighted by molar-refractivity contribution is 7.89. The van der Waals surface area contributed by atoms with E-state index in [-0.39, 0.29) is 24.9 Å². The second kappa shape index (κ2) is 6.29. The molecule has 0 aromatic heterocycles. The van der Waals surface area contributed by atoms with E-state index in [1.807, 2.05) is 0 Å². The van der Waals surface area contributed by atoms with E-state index in [0.29, 0.717) is 19.4 Å². The smallest absolute Gasteiger partial charge is 0.322 e. The molecule has 6 nitrogen and oxygen atoms in total. The molecule has 0 aliphatic carbocycles. The summed E-state index contributed by atoms with van der Waals surface area (Å²) >= 11 is 0. The minimum Gasteiger partial charge on any atom is -0.465 e. The Kier molecular flexibility index (Phi) is 5.28. The first-order chi connectivity index (χ1) is 8.36. The van der Waals surface area contributed by atoms with Crippen molar-refractivity contribution >= 4 is 21.8 Å². The largest absolute Gasteiger partial charge is 0.465 e. The van der Waals surface area contributed by atoms with Crippen LogP contribution < -0.4 is 0 Å². The number of carbonyl (C=O) groups excluding carboxylic acids is 2. The molecular formula is C11H19NO5S. The molecule has 0 amide bonds. The summed E-state index contributed by atoms with van der Waals surface area (Å²) in [5.74, 6) is -1.66. The Morgan fingerprint density at radius 3 is 2.61 bits per heavy atom. The van der Waals surface area contributed by atoms with E-state index < -0.39 is 21.7 Å². The van der Waals surface area contributed by atoms with E-state index in [4.69, 9.17) is 0 Å². The zero-order chi connectivity index (χ0) is 13.8. The maximum absolute atomic E-state index is 12.0. The Bertz CT molecular complexity index is 417. The monoisotopic (exact) mass is 277 g/mol. The number of Topliss-reactive ketones (excluding diaryl/α,β-unsaturated/α-hetero) is 1. The van der Waals surface area contributed by atoms with E-state index >= 15 is 0 Å². The third-order valence-corrected chi connectivity index (χ3v) is 4.68. The number of ketones is 1. The molecule has 18 heavy (non-hydrogen) atoms. The molecule has 0 radical (unpaired) electrons. The second-order valence-corrected chi connectivity index (χ2v) is 6.34. The molecule has 1 unspecified atom stereocenters. The van der Waals surface area contributed by atoms with Gasteiger partial charge in [0, 0.05) is 19.0 Å². The number of hydrogen-bond donors (Lipinski definition) is 0. The maximum atomic E-state index is 12.0. The first-order valence-corrected chi connectivity index (χ1v) is 7.61. The van der Waals surface area contributed by atoms with Crippen molar-refractivity contribution in [2.45, 2.75) is 26.7 Å². The molecule has 1 saturated heterocycles. The summed E-state index contributed by atoms with van der Waals surface area (Å²) in [6, 6.07) is 0. The van der Waals surface area contributed by atoms with Gasteiger partial charge in [-0.3, -0.25) is 9.59 Å². The Balaban J connectivity index is 2.67. The van der Waals surface area contributed by atoms with E-state index in [9.17, 15) is 18.0 Å². The van der Waals surface area contributed by atoms with Gasteiger partial charge in [0.15, 0.2) is 5.75 Å². The van der Waals surface area contributed by atoms with Crippen molar-refractivity contribution in [2.75, 3.05) is 25.4 Å². The van der Waals surface area contributed by atoms with Crippen LogP contribution in [-0.2, 0) is 24.3 Å². The topological polar surface area (TPSA) is 80.8 Å². The predicted molar refractivity (Wildman–Crippen MR) is 65.4 cm³/mol. The highest BCUT2D eigenvalue weighted by atomic mass is 32.2. The zero-order valence-electron chi connectivity index (χ0n) is 10.7. The third-order valence-electron chi connectivity index (χ3n) is 2.96. The van der Waals surface area contributed by atoms with Crippen molar-refractivity contribution in [1.29, 1.82) is 0 Å². The summed E-state index contributed by atoms with van der Waals surface area (Å²) in [4.78, 5) is 22.5. The lowest BCUT2D eigenvalue weighted by atomic mass is 9.96. The van der Waals surface area contributed by atoms with Crippen LogP contribution in [0.1, 0.15) is 26.7 Å². The van der Waals surface area contributed by atoms with Crippen LogP contribution in [-0.4, -0.2) is 49.9 Å². The maximum Gasteiger partial charge on any atom is 0.322 e. The second-order valence-electron chi connectivity index (χ2n) is 4.37. The van der Waals surface area contributed by atoms with Crippen LogP contribution in [0, 0.1) is 5.92 Å². The summed E-state index contributed by atoms with van der Waals surface area (Å²) in [5, 5.41) is 0. The van der Waals surface area contributed by atoms with Gasteiger partial charge >= 0.3 is 5.97 Å². The normalized spacial score (nSPS) is 21.6. The Morgan fingerprint density at radius 1 is 1.39 bits per heavy atom. The Hall–Kier alpha value is -0.950. The van der Waals surface area contributed by atoms with E-state index in [2.05, 4.69) is 4.74 Å². The van der Waals surface area contributed by atoms with Crippen LogP contribution in [0.4, 0.5) is 0 Å². The van der Waals surface area contributed by atoms with Gasteiger partial charge in [-0.2, -0.15) is 0 Å². The highest BCUT2D eigenvalue weighted by Crippen LogP contribution is 2.20. The number of esters is 1. The van der Waals surface area contributed by atoms with Crippen molar-refractivity contribution < 1.29 is 22.7 Å². The number of piperidine rings is 1. The molecule has 0 saturated carbocycles. The van der Waals surface area contributed by atoms with Crippen LogP contribution in [0.5, 0.6) is 0 Å². The molecule has 0 aromatic rings. The number of nitrogens with zero attached hydrogens (tertiary/aromatic N) is 1. The van der Waals surface area contributed by atoms with Gasteiger partial charge < -0.3 is 4.74 Å². The Labute approximate surface area is 107 Å². The van der Waals surface area contributed by atoms with E-state index in [0.717, 1.165) is 0 Å². The van der Waals surface area contributed by atoms with Crippen LogP contribution in [0.3, 0.4) is 0 Å². The third kappa shape index (κ3) is 4.06. The quantitative estimate of drug-likeness (QED) is 0.670. The van der Waals surface area contributed by atoms with Crippen molar-refractivity contribution in [3.05, 3.63) is 0 Å². The molecule has 7 heteroatoms. The first kappa shape index (κ1) is 15.1.